The molecule has 0 amide bonds. The lowest BCUT2D eigenvalue weighted by Crippen LogP contribution is -2.12. The molecule has 140 valence electrons. The number of carbonyl (C=O) groups excluding carboxylic acids is 1. The molecule has 0 saturated heterocycles. The molecule has 0 spiro atoms. The zero-order chi connectivity index (χ0) is 19.8. The SMILES string of the molecule is COc1ccc(C)cc1-c1ncc(C(=O)c2ccc(C(C)(C)C)cc2)n1C. The van der Waals surface area contributed by atoms with Crippen LogP contribution in [0.1, 0.15) is 48.0 Å². The number of benzene rings is 2. The Balaban J connectivity index is 1.98. The highest BCUT2D eigenvalue weighted by atomic mass is 16.5. The van der Waals surface area contributed by atoms with Crippen molar-refractivity contribution in [3.63, 3.8) is 0 Å². The van der Waals surface area contributed by atoms with Gasteiger partial charge in [0, 0.05) is 12.6 Å². The molecule has 0 unspecified atom stereocenters. The van der Waals surface area contributed by atoms with E-state index in [-0.39, 0.29) is 11.2 Å². The van der Waals surface area contributed by atoms with Crippen molar-refractivity contribution in [3.05, 3.63) is 71.0 Å². The van der Waals surface area contributed by atoms with Gasteiger partial charge in [-0.05, 0) is 30.0 Å². The Morgan fingerprint density at radius 1 is 1.07 bits per heavy atom. The number of carbonyl (C=O) groups is 1. The minimum atomic E-state index is -0.0386. The van der Waals surface area contributed by atoms with E-state index in [1.54, 1.807) is 13.3 Å². The monoisotopic (exact) mass is 362 g/mol. The lowest BCUT2D eigenvalue weighted by molar-refractivity contribution is 0.103. The maximum Gasteiger partial charge on any atom is 0.211 e. The number of methoxy groups -OCH3 is 1. The number of rotatable bonds is 4. The second-order valence-electron chi connectivity index (χ2n) is 7.89. The molecule has 0 saturated carbocycles. The average molecular weight is 362 g/mol. The largest absolute Gasteiger partial charge is 0.496 e. The van der Waals surface area contributed by atoms with Gasteiger partial charge in [-0.2, -0.15) is 0 Å². The summed E-state index contributed by atoms with van der Waals surface area (Å²) in [5, 5.41) is 0. The normalized spacial score (nSPS) is 11.5. The molecule has 1 aromatic heterocycles. The quantitative estimate of drug-likeness (QED) is 0.618. The number of imidazole rings is 1. The number of ether oxygens (including phenoxy) is 1. The van der Waals surface area contributed by atoms with Gasteiger partial charge in [0.05, 0.1) is 18.9 Å². The van der Waals surface area contributed by atoms with Crippen molar-refractivity contribution in [1.82, 2.24) is 9.55 Å². The molecular formula is C23H26N2O2. The van der Waals surface area contributed by atoms with E-state index in [9.17, 15) is 4.79 Å². The smallest absolute Gasteiger partial charge is 0.211 e. The maximum atomic E-state index is 13.0. The Morgan fingerprint density at radius 3 is 2.33 bits per heavy atom. The van der Waals surface area contributed by atoms with Crippen LogP contribution in [0.2, 0.25) is 0 Å². The van der Waals surface area contributed by atoms with Crippen LogP contribution < -0.4 is 4.74 Å². The summed E-state index contributed by atoms with van der Waals surface area (Å²) in [6.07, 6.45) is 1.64. The van der Waals surface area contributed by atoms with E-state index in [4.69, 9.17) is 4.74 Å². The van der Waals surface area contributed by atoms with Crippen molar-refractivity contribution in [2.24, 2.45) is 7.05 Å². The third-order valence-electron chi connectivity index (χ3n) is 4.83. The summed E-state index contributed by atoms with van der Waals surface area (Å²) in [6.45, 7) is 8.50. The van der Waals surface area contributed by atoms with Crippen LogP contribution >= 0.6 is 0 Å². The van der Waals surface area contributed by atoms with Crippen LogP contribution in [0.5, 0.6) is 5.75 Å². The minimum Gasteiger partial charge on any atom is -0.496 e. The highest BCUT2D eigenvalue weighted by molar-refractivity contribution is 6.08. The predicted octanol–water partition coefficient (Wildman–Crippen LogP) is 4.93. The zero-order valence-electron chi connectivity index (χ0n) is 16.8. The first-order valence-electron chi connectivity index (χ1n) is 9.04. The van der Waals surface area contributed by atoms with E-state index < -0.39 is 0 Å². The van der Waals surface area contributed by atoms with E-state index in [0.717, 1.165) is 16.9 Å². The number of ketones is 1. The summed E-state index contributed by atoms with van der Waals surface area (Å²) in [6, 6.07) is 13.8. The van der Waals surface area contributed by atoms with Crippen molar-refractivity contribution in [1.29, 1.82) is 0 Å². The molecule has 3 rings (SSSR count). The Bertz CT molecular complexity index is 977. The van der Waals surface area contributed by atoms with Crippen molar-refractivity contribution >= 4 is 5.78 Å². The number of hydrogen-bond acceptors (Lipinski definition) is 3. The summed E-state index contributed by atoms with van der Waals surface area (Å²) < 4.78 is 7.30. The lowest BCUT2D eigenvalue weighted by atomic mass is 9.86. The van der Waals surface area contributed by atoms with Crippen LogP contribution in [-0.4, -0.2) is 22.4 Å². The van der Waals surface area contributed by atoms with Crippen molar-refractivity contribution in [2.45, 2.75) is 33.1 Å². The van der Waals surface area contributed by atoms with Crippen molar-refractivity contribution < 1.29 is 9.53 Å². The molecule has 0 atom stereocenters. The molecular weight excluding hydrogens is 336 g/mol. The Kier molecular flexibility index (Phi) is 4.92. The molecule has 4 heteroatoms. The topological polar surface area (TPSA) is 44.1 Å². The second kappa shape index (κ2) is 7.03. The highest BCUT2D eigenvalue weighted by Gasteiger charge is 2.20. The Labute approximate surface area is 160 Å². The standard InChI is InChI=1S/C23H26N2O2/c1-15-7-12-20(27-6)18(13-15)22-24-14-19(25(22)5)21(26)16-8-10-17(11-9-16)23(2,3)4/h7-14H,1-6H3. The first-order chi connectivity index (χ1) is 12.7. The fourth-order valence-corrected chi connectivity index (χ4v) is 3.14. The van der Waals surface area contributed by atoms with E-state index in [1.807, 2.05) is 61.0 Å². The molecule has 0 N–H and O–H groups in total. The average Bonchev–Trinajstić information content (AvgIpc) is 3.01. The molecule has 0 aliphatic rings. The van der Waals surface area contributed by atoms with Crippen LogP contribution in [0.4, 0.5) is 0 Å². The molecule has 0 radical (unpaired) electrons. The van der Waals surface area contributed by atoms with Crippen LogP contribution in [-0.2, 0) is 12.5 Å². The van der Waals surface area contributed by atoms with Crippen molar-refractivity contribution in [2.75, 3.05) is 7.11 Å². The predicted molar refractivity (Wildman–Crippen MR) is 109 cm³/mol. The fraction of sp³-hybridized carbons (Fsp3) is 0.304. The first kappa shape index (κ1) is 18.9. The molecule has 0 aliphatic carbocycles. The summed E-state index contributed by atoms with van der Waals surface area (Å²) in [5.41, 5.74) is 4.46. The van der Waals surface area contributed by atoms with Crippen LogP contribution in [0.25, 0.3) is 11.4 Å². The molecule has 1 heterocycles. The summed E-state index contributed by atoms with van der Waals surface area (Å²) in [4.78, 5) is 17.5. The zero-order valence-corrected chi connectivity index (χ0v) is 16.8. The number of aromatic nitrogens is 2. The van der Waals surface area contributed by atoms with Gasteiger partial charge in [-0.25, -0.2) is 4.98 Å². The molecule has 0 fully saturated rings. The Morgan fingerprint density at radius 2 is 1.74 bits per heavy atom. The van der Waals surface area contributed by atoms with Gasteiger partial charge < -0.3 is 9.30 Å². The second-order valence-corrected chi connectivity index (χ2v) is 7.89. The van der Waals surface area contributed by atoms with E-state index in [0.29, 0.717) is 17.1 Å². The summed E-state index contributed by atoms with van der Waals surface area (Å²) in [5.74, 6) is 1.41. The molecule has 4 nitrogen and oxygen atoms in total. The molecule has 0 aliphatic heterocycles. The molecule has 3 aromatic rings. The van der Waals surface area contributed by atoms with Gasteiger partial charge in [-0.3, -0.25) is 4.79 Å². The van der Waals surface area contributed by atoms with Gasteiger partial charge in [-0.1, -0.05) is 56.7 Å². The summed E-state index contributed by atoms with van der Waals surface area (Å²) in [7, 11) is 3.50. The van der Waals surface area contributed by atoms with E-state index >= 15 is 0 Å². The van der Waals surface area contributed by atoms with E-state index in [2.05, 4.69) is 25.8 Å². The van der Waals surface area contributed by atoms with Gasteiger partial charge in [0.15, 0.2) is 0 Å². The van der Waals surface area contributed by atoms with Gasteiger partial charge in [0.1, 0.15) is 17.3 Å². The molecule has 2 aromatic carbocycles. The summed E-state index contributed by atoms with van der Waals surface area (Å²) >= 11 is 0. The van der Waals surface area contributed by atoms with Crippen LogP contribution in [0.15, 0.2) is 48.7 Å². The van der Waals surface area contributed by atoms with Crippen LogP contribution in [0, 0.1) is 6.92 Å². The third kappa shape index (κ3) is 3.65. The minimum absolute atomic E-state index is 0.0386. The van der Waals surface area contributed by atoms with Gasteiger partial charge in [-0.15, -0.1) is 0 Å². The third-order valence-corrected chi connectivity index (χ3v) is 4.83. The fourth-order valence-electron chi connectivity index (χ4n) is 3.14. The molecule has 0 bridgehead atoms. The lowest BCUT2D eigenvalue weighted by Gasteiger charge is -2.19. The van der Waals surface area contributed by atoms with Gasteiger partial charge >= 0.3 is 0 Å². The number of nitrogens with zero attached hydrogens (tertiary/aromatic N) is 2. The first-order valence-corrected chi connectivity index (χ1v) is 9.04. The van der Waals surface area contributed by atoms with E-state index in [1.165, 1.54) is 5.56 Å². The van der Waals surface area contributed by atoms with Gasteiger partial charge in [0.2, 0.25) is 5.78 Å². The molecule has 27 heavy (non-hydrogen) atoms. The highest BCUT2D eigenvalue weighted by Crippen LogP contribution is 2.30. The van der Waals surface area contributed by atoms with Gasteiger partial charge in [0.25, 0.3) is 0 Å². The number of aryl methyl sites for hydroxylation is 1. The van der Waals surface area contributed by atoms with Crippen molar-refractivity contribution in [3.8, 4) is 17.1 Å². The number of hydrogen-bond donors (Lipinski definition) is 0. The maximum absolute atomic E-state index is 13.0. The van der Waals surface area contributed by atoms with Crippen LogP contribution in [0.3, 0.4) is 0 Å². The Hall–Kier alpha value is -2.88.